The molecule has 0 aliphatic heterocycles. The van der Waals surface area contributed by atoms with E-state index in [1.54, 1.807) is 21.0 Å². The lowest BCUT2D eigenvalue weighted by Gasteiger charge is -2.19. The molecule has 0 saturated carbocycles. The maximum atomic E-state index is 12.9. The molecule has 0 radical (unpaired) electrons. The van der Waals surface area contributed by atoms with E-state index in [-0.39, 0.29) is 17.2 Å². The molecule has 0 spiro atoms. The van der Waals surface area contributed by atoms with Crippen LogP contribution in [0.25, 0.3) is 11.1 Å². The van der Waals surface area contributed by atoms with Gasteiger partial charge in [0.1, 0.15) is 23.0 Å². The van der Waals surface area contributed by atoms with Crippen LogP contribution >= 0.6 is 0 Å². The molecule has 142 valence electrons. The Hall–Kier alpha value is -3.16. The molecule has 3 rings (SSSR count). The Morgan fingerprint density at radius 1 is 1.37 bits per heavy atom. The van der Waals surface area contributed by atoms with Crippen molar-refractivity contribution in [3.05, 3.63) is 51.7 Å². The predicted molar refractivity (Wildman–Crippen MR) is 99.7 cm³/mol. The quantitative estimate of drug-likeness (QED) is 0.715. The lowest BCUT2D eigenvalue weighted by atomic mass is 10.1. The van der Waals surface area contributed by atoms with Gasteiger partial charge in [0.05, 0.1) is 12.8 Å². The third-order valence-corrected chi connectivity index (χ3v) is 4.49. The summed E-state index contributed by atoms with van der Waals surface area (Å²) in [5, 5.41) is 6.99. The first-order valence-corrected chi connectivity index (χ1v) is 8.72. The van der Waals surface area contributed by atoms with Gasteiger partial charge in [0, 0.05) is 6.54 Å². The fourth-order valence-electron chi connectivity index (χ4n) is 3.09. The smallest absolute Gasteiger partial charge is 0.267 e. The second kappa shape index (κ2) is 7.61. The van der Waals surface area contributed by atoms with Crippen molar-refractivity contribution in [3.63, 3.8) is 0 Å². The number of hydrogen-bond donors (Lipinski definition) is 1. The van der Waals surface area contributed by atoms with E-state index in [9.17, 15) is 9.59 Å². The van der Waals surface area contributed by atoms with Gasteiger partial charge in [-0.2, -0.15) is 4.98 Å². The van der Waals surface area contributed by atoms with Crippen molar-refractivity contribution in [1.29, 1.82) is 0 Å². The summed E-state index contributed by atoms with van der Waals surface area (Å²) in [6, 6.07) is 6.78. The van der Waals surface area contributed by atoms with E-state index < -0.39 is 6.04 Å². The van der Waals surface area contributed by atoms with Gasteiger partial charge >= 0.3 is 0 Å². The van der Waals surface area contributed by atoms with Gasteiger partial charge in [-0.3, -0.25) is 14.2 Å². The number of nitrogens with one attached hydrogen (secondary N) is 1. The number of nitrogens with zero attached hydrogens (tertiary/aromatic N) is 3. The maximum absolute atomic E-state index is 12.9. The molecule has 2 heterocycles. The summed E-state index contributed by atoms with van der Waals surface area (Å²) in [7, 11) is 1.59. The van der Waals surface area contributed by atoms with E-state index in [1.165, 1.54) is 4.57 Å². The zero-order valence-corrected chi connectivity index (χ0v) is 15.8. The Bertz CT molecular complexity index is 1040. The average molecular weight is 370 g/mol. The molecule has 0 bridgehead atoms. The molecular formula is C19H22N4O4. The molecule has 0 aliphatic carbocycles. The monoisotopic (exact) mass is 370 g/mol. The molecule has 1 aromatic carbocycles. The molecule has 1 atom stereocenters. The van der Waals surface area contributed by atoms with Gasteiger partial charge in [0.25, 0.3) is 11.3 Å². The maximum Gasteiger partial charge on any atom is 0.267 e. The highest BCUT2D eigenvalue weighted by Gasteiger charge is 2.24. The molecule has 1 N–H and O–H groups in total. The highest BCUT2D eigenvalue weighted by molar-refractivity contribution is 5.81. The third-order valence-electron chi connectivity index (χ3n) is 4.49. The third kappa shape index (κ3) is 3.55. The van der Waals surface area contributed by atoms with Gasteiger partial charge in [0.2, 0.25) is 5.91 Å². The van der Waals surface area contributed by atoms with Crippen molar-refractivity contribution in [2.75, 3.05) is 7.11 Å². The average Bonchev–Trinajstić information content (AvgIpc) is 3.03. The van der Waals surface area contributed by atoms with Crippen LogP contribution in [0.3, 0.4) is 0 Å². The molecule has 1 amide bonds. The number of fused-ring (bicyclic) bond motifs is 1. The lowest BCUT2D eigenvalue weighted by Crippen LogP contribution is -2.38. The first-order chi connectivity index (χ1) is 13.0. The molecule has 0 fully saturated rings. The minimum atomic E-state index is -0.672. The Labute approximate surface area is 156 Å². The number of methoxy groups -OCH3 is 1. The van der Waals surface area contributed by atoms with Crippen LogP contribution in [0.4, 0.5) is 0 Å². The van der Waals surface area contributed by atoms with Crippen LogP contribution in [0.5, 0.6) is 5.75 Å². The van der Waals surface area contributed by atoms with Gasteiger partial charge in [0.15, 0.2) is 0 Å². The van der Waals surface area contributed by atoms with E-state index in [4.69, 9.17) is 9.26 Å². The molecule has 27 heavy (non-hydrogen) atoms. The number of amides is 1. The first kappa shape index (κ1) is 18.6. The predicted octanol–water partition coefficient (Wildman–Crippen LogP) is 2.28. The molecule has 8 heteroatoms. The summed E-state index contributed by atoms with van der Waals surface area (Å²) in [6.07, 6.45) is 0.447. The highest BCUT2D eigenvalue weighted by Crippen LogP contribution is 2.17. The summed E-state index contributed by atoms with van der Waals surface area (Å²) in [5.74, 6) is 0.881. The van der Waals surface area contributed by atoms with Gasteiger partial charge in [-0.25, -0.2) is 0 Å². The first-order valence-electron chi connectivity index (χ1n) is 8.72. The molecule has 3 aromatic rings. The summed E-state index contributed by atoms with van der Waals surface area (Å²) in [5.41, 5.74) is 1.24. The standard InChI is InChI=1S/C19H22N4O4/c1-5-15(17(24)20-10-13-7-6-8-14(9-13)26-4)23-12(3)21-18-16(19(23)25)11(2)22-27-18/h6-9,15H,5,10H2,1-4H3,(H,20,24)/t15-/m0/s1. The van der Waals surface area contributed by atoms with Crippen LogP contribution in [0.2, 0.25) is 0 Å². The summed E-state index contributed by atoms with van der Waals surface area (Å²) in [6.45, 7) is 5.55. The highest BCUT2D eigenvalue weighted by atomic mass is 16.5. The number of aryl methyl sites for hydroxylation is 2. The topological polar surface area (TPSA) is 99.2 Å². The van der Waals surface area contributed by atoms with Gasteiger partial charge in [-0.1, -0.05) is 24.2 Å². The number of rotatable bonds is 6. The Morgan fingerprint density at radius 3 is 2.85 bits per heavy atom. The van der Waals surface area contributed by atoms with Crippen LogP contribution in [0.1, 0.15) is 36.5 Å². The van der Waals surface area contributed by atoms with E-state index >= 15 is 0 Å². The van der Waals surface area contributed by atoms with Crippen LogP contribution in [0.15, 0.2) is 33.6 Å². The Balaban J connectivity index is 1.88. The van der Waals surface area contributed by atoms with E-state index in [1.807, 2.05) is 31.2 Å². The van der Waals surface area contributed by atoms with Crippen molar-refractivity contribution in [2.45, 2.75) is 39.8 Å². The van der Waals surface area contributed by atoms with Crippen LogP contribution in [-0.2, 0) is 11.3 Å². The lowest BCUT2D eigenvalue weighted by molar-refractivity contribution is -0.124. The number of carbonyl (C=O) groups excluding carboxylic acids is 1. The summed E-state index contributed by atoms with van der Waals surface area (Å²) in [4.78, 5) is 30.0. The summed E-state index contributed by atoms with van der Waals surface area (Å²) < 4.78 is 11.7. The number of aromatic nitrogens is 3. The van der Waals surface area contributed by atoms with E-state index in [0.717, 1.165) is 11.3 Å². The van der Waals surface area contributed by atoms with Crippen molar-refractivity contribution < 1.29 is 14.1 Å². The van der Waals surface area contributed by atoms with Gasteiger partial charge in [-0.05, 0) is 38.0 Å². The van der Waals surface area contributed by atoms with Crippen LogP contribution < -0.4 is 15.6 Å². The molecular weight excluding hydrogens is 348 g/mol. The minimum Gasteiger partial charge on any atom is -0.497 e. The normalized spacial score (nSPS) is 12.1. The van der Waals surface area contributed by atoms with Crippen molar-refractivity contribution in [2.24, 2.45) is 0 Å². The fraction of sp³-hybridized carbons (Fsp3) is 0.368. The number of carbonyl (C=O) groups is 1. The van der Waals surface area contributed by atoms with E-state index in [0.29, 0.717) is 29.9 Å². The molecule has 0 unspecified atom stereocenters. The van der Waals surface area contributed by atoms with E-state index in [2.05, 4.69) is 15.5 Å². The SMILES string of the molecule is CC[C@@H](C(=O)NCc1cccc(OC)c1)n1c(C)nc2onc(C)c2c1=O. The van der Waals surface area contributed by atoms with Gasteiger partial charge in [-0.15, -0.1) is 0 Å². The number of hydrogen-bond acceptors (Lipinski definition) is 6. The van der Waals surface area contributed by atoms with Crippen molar-refractivity contribution >= 4 is 17.0 Å². The van der Waals surface area contributed by atoms with Crippen LogP contribution in [-0.4, -0.2) is 27.7 Å². The van der Waals surface area contributed by atoms with Gasteiger partial charge < -0.3 is 14.6 Å². The Morgan fingerprint density at radius 2 is 2.15 bits per heavy atom. The molecule has 0 saturated heterocycles. The fourth-order valence-corrected chi connectivity index (χ4v) is 3.09. The van der Waals surface area contributed by atoms with Crippen molar-refractivity contribution in [3.8, 4) is 5.75 Å². The number of benzene rings is 1. The minimum absolute atomic E-state index is 0.192. The number of ether oxygens (including phenoxy) is 1. The largest absolute Gasteiger partial charge is 0.497 e. The summed E-state index contributed by atoms with van der Waals surface area (Å²) >= 11 is 0. The molecule has 0 aliphatic rings. The second-order valence-corrected chi connectivity index (χ2v) is 6.28. The zero-order chi connectivity index (χ0) is 19.6. The van der Waals surface area contributed by atoms with Crippen LogP contribution in [0, 0.1) is 13.8 Å². The Kier molecular flexibility index (Phi) is 5.25. The van der Waals surface area contributed by atoms with Crippen molar-refractivity contribution in [1.82, 2.24) is 20.0 Å². The second-order valence-electron chi connectivity index (χ2n) is 6.28. The molecule has 2 aromatic heterocycles. The molecule has 8 nitrogen and oxygen atoms in total. The zero-order valence-electron chi connectivity index (χ0n) is 15.8.